The molecule has 0 radical (unpaired) electrons. The van der Waals surface area contributed by atoms with Crippen molar-refractivity contribution in [3.05, 3.63) is 178 Å². The second kappa shape index (κ2) is 25.0. The maximum atomic E-state index is 12.6. The topological polar surface area (TPSA) is 296 Å². The van der Waals surface area contributed by atoms with E-state index in [1.54, 1.807) is 71.2 Å². The number of rotatable bonds is 3. The standard InChI is InChI=1S/C15H10N4O2S.C15H10N4S.C9H6N2S.C6H4N2O2.2Na.O4S2/c16-14-13(15-17-9-5-1-4-8-12(9)22-15)18(20)10-6-2-3-7-11(10)19(14)21;16-14-13(17-9-5-1-2-6-10(9)18-14)15-19-11-7-3-4-8-12(11)20-15;1-10-6-9-11-7-4-2-3-5-8(7)12-9;9-8-6-4-2-1-3-5(6)7-10-8;;;1-5(2)6(3)4/h1-8H,16H2;1-8H,(H2,16,18);2-5H,6H2;1-4H;;;. The number of nitrogens with two attached hydrogens (primary N) is 2. The maximum absolute atomic E-state index is 12.6. The largest absolute Gasteiger partial charge is 0.359 e. The van der Waals surface area contributed by atoms with E-state index in [4.69, 9.17) is 34.9 Å². The van der Waals surface area contributed by atoms with Crippen molar-refractivity contribution >= 4 is 172 Å². The van der Waals surface area contributed by atoms with E-state index in [-0.39, 0.29) is 22.5 Å². The Morgan fingerprint density at radius 1 is 0.542 bits per heavy atom. The molecule has 0 spiro atoms. The van der Waals surface area contributed by atoms with Crippen LogP contribution in [-0.4, -0.2) is 90.5 Å². The van der Waals surface area contributed by atoms with Crippen molar-refractivity contribution < 1.29 is 35.8 Å². The first-order valence-electron chi connectivity index (χ1n) is 21.0. The van der Waals surface area contributed by atoms with Crippen molar-refractivity contribution in [1.29, 1.82) is 0 Å². The Balaban J connectivity index is 0.000000139. The van der Waals surface area contributed by atoms with Crippen LogP contribution < -0.4 is 25.8 Å². The number of nitrogen functional groups attached to an aromatic ring is 2. The zero-order chi connectivity index (χ0) is 51.3. The molecule has 20 nitrogen and oxygen atoms in total. The van der Waals surface area contributed by atoms with Gasteiger partial charge in [0, 0.05) is 11.2 Å². The number of para-hydroxylation sites is 8. The van der Waals surface area contributed by atoms with Gasteiger partial charge in [0.15, 0.2) is 15.8 Å². The summed E-state index contributed by atoms with van der Waals surface area (Å²) in [5.41, 5.74) is 18.6. The third-order valence-corrected chi connectivity index (χ3v) is 13.5. The van der Waals surface area contributed by atoms with Crippen LogP contribution >= 0.6 is 34.0 Å². The van der Waals surface area contributed by atoms with Gasteiger partial charge in [0.1, 0.15) is 10.7 Å². The molecule has 0 saturated carbocycles. The predicted molar refractivity (Wildman–Crippen MR) is 280 cm³/mol. The van der Waals surface area contributed by atoms with Gasteiger partial charge in [-0.1, -0.05) is 72.8 Å². The van der Waals surface area contributed by atoms with E-state index in [9.17, 15) is 15.6 Å². The number of benzene rings is 6. The number of hydrogen-bond acceptors (Lipinski definition) is 19. The fraction of sp³-hybridized carbons (Fsp3) is 0.0222. The SMILES string of the molecule is Nc1c(-c2nc3ccccc3s2)[n+]([O-])c2ccccc2[n+]1[O-].Nc1nc2ccccc2nc1-c1nc2ccccc2s1.O=S(=O)=S(=O)=O.[C-]#[N+]Cc1nc2ccccc2s1.[Na][Na].[O-][n+]1onc2ccccc21. The molecule has 0 amide bonds. The van der Waals surface area contributed by atoms with Gasteiger partial charge in [0.2, 0.25) is 16.6 Å². The molecule has 0 atom stereocenters. The molecule has 6 aromatic heterocycles. The van der Waals surface area contributed by atoms with Crippen LogP contribution in [0.15, 0.2) is 150 Å². The first kappa shape index (κ1) is 53.0. The Hall–Kier alpha value is -6.80. The molecule has 0 fully saturated rings. The minimum atomic E-state index is -2.95. The first-order chi connectivity index (χ1) is 34.9. The number of thiazole rings is 3. The molecule has 72 heavy (non-hydrogen) atoms. The van der Waals surface area contributed by atoms with Gasteiger partial charge in [-0.2, -0.15) is 21.6 Å². The molecule has 27 heteroatoms. The minimum Gasteiger partial charge on any atom is -0.359 e. The summed E-state index contributed by atoms with van der Waals surface area (Å²) in [4.78, 5) is 26.0. The fourth-order valence-corrected chi connectivity index (χ4v) is 9.31. The average Bonchev–Trinajstić information content (AvgIpc) is 4.22. The molecule has 4 N–H and O–H groups in total. The van der Waals surface area contributed by atoms with E-state index in [0.717, 1.165) is 51.7 Å². The minimum absolute atomic E-state index is 0.0925. The summed E-state index contributed by atoms with van der Waals surface area (Å²) < 4.78 is 45.1. The summed E-state index contributed by atoms with van der Waals surface area (Å²) in [6, 6.07) is 44.6. The summed E-state index contributed by atoms with van der Waals surface area (Å²) in [7, 11) is -5.90. The van der Waals surface area contributed by atoms with Crippen LogP contribution in [0.25, 0.3) is 90.0 Å². The van der Waals surface area contributed by atoms with E-state index < -0.39 is 18.5 Å². The molecule has 0 aliphatic heterocycles. The zero-order valence-corrected chi connectivity index (χ0v) is 45.6. The zero-order valence-electron chi connectivity index (χ0n) is 37.5. The van der Waals surface area contributed by atoms with Crippen LogP contribution in [0.1, 0.15) is 5.01 Å². The third-order valence-electron chi connectivity index (χ3n) is 9.53. The van der Waals surface area contributed by atoms with Crippen LogP contribution in [-0.2, 0) is 25.1 Å². The van der Waals surface area contributed by atoms with E-state index in [0.29, 0.717) is 48.5 Å². The van der Waals surface area contributed by atoms with Crippen LogP contribution in [0.2, 0.25) is 0 Å². The quantitative estimate of drug-likeness (QED) is 0.0822. The molecule has 350 valence electrons. The van der Waals surface area contributed by atoms with Crippen molar-refractivity contribution in [1.82, 2.24) is 30.1 Å². The molecule has 12 rings (SSSR count). The van der Waals surface area contributed by atoms with Crippen molar-refractivity contribution in [2.45, 2.75) is 6.54 Å². The number of nitrogens with zero attached hydrogens (tertiary/aromatic N) is 10. The molecule has 12 aromatic rings. The Labute approximate surface area is 449 Å². The summed E-state index contributed by atoms with van der Waals surface area (Å²) in [6.07, 6.45) is 0. The second-order valence-corrected chi connectivity index (χ2v) is 19.6. The Morgan fingerprint density at radius 3 is 1.49 bits per heavy atom. The Morgan fingerprint density at radius 2 is 0.972 bits per heavy atom. The summed E-state index contributed by atoms with van der Waals surface area (Å²) >= 11 is 7.40. The summed E-state index contributed by atoms with van der Waals surface area (Å²) in [6.45, 7) is 7.11. The maximum Gasteiger partial charge on any atom is 0.248 e. The second-order valence-electron chi connectivity index (χ2n) is 13.9. The van der Waals surface area contributed by atoms with Gasteiger partial charge in [-0.05, 0) is 71.6 Å². The molecular formula is C45H30N12Na2O8S5. The van der Waals surface area contributed by atoms with Crippen LogP contribution in [0, 0.1) is 22.2 Å². The first-order valence-corrected chi connectivity index (χ1v) is 34.1. The number of aromatic nitrogens is 9. The predicted octanol–water partition coefficient (Wildman–Crippen LogP) is 6.53. The molecule has 6 heterocycles. The molecule has 0 aliphatic rings. The monoisotopic (exact) mass is 1070 g/mol. The van der Waals surface area contributed by atoms with Gasteiger partial charge in [-0.15, -0.1) is 34.0 Å². The smallest absolute Gasteiger partial charge is 0.248 e. The Bertz CT molecular complexity index is 4060. The van der Waals surface area contributed by atoms with Gasteiger partial charge < -0.3 is 26.2 Å². The van der Waals surface area contributed by atoms with E-state index >= 15 is 0 Å². The molecule has 0 aliphatic carbocycles. The molecule has 0 unspecified atom stereocenters. The molecular weight excluding hydrogens is 1040 g/mol. The molecule has 6 aromatic carbocycles. The molecule has 0 saturated heterocycles. The summed E-state index contributed by atoms with van der Waals surface area (Å²) in [5, 5.41) is 41.2. The van der Waals surface area contributed by atoms with Gasteiger partial charge in [-0.25, -0.2) is 36.2 Å². The van der Waals surface area contributed by atoms with Gasteiger partial charge >= 0.3 is 73.7 Å². The van der Waals surface area contributed by atoms with E-state index in [1.165, 1.54) is 55.0 Å². The van der Waals surface area contributed by atoms with Gasteiger partial charge in [-0.3, -0.25) is 10.4 Å². The van der Waals surface area contributed by atoms with Crippen LogP contribution in [0.3, 0.4) is 0 Å². The van der Waals surface area contributed by atoms with Crippen LogP contribution in [0.4, 0.5) is 11.6 Å². The number of hydrogen-bond donors (Lipinski definition) is 2. The van der Waals surface area contributed by atoms with Gasteiger partial charge in [0.05, 0.1) is 41.7 Å². The Kier molecular flexibility index (Phi) is 18.4. The van der Waals surface area contributed by atoms with Crippen LogP contribution in [0.5, 0.6) is 0 Å². The number of anilines is 2. The van der Waals surface area contributed by atoms with Gasteiger partial charge in [0.25, 0.3) is 12.1 Å². The van der Waals surface area contributed by atoms with Crippen molar-refractivity contribution in [3.63, 3.8) is 0 Å². The van der Waals surface area contributed by atoms with E-state index in [2.05, 4.69) is 39.6 Å². The normalized spacial score (nSPS) is 10.4. The third kappa shape index (κ3) is 12.6. The summed E-state index contributed by atoms with van der Waals surface area (Å²) in [5.74, 6) is 0.274. The molecule has 0 bridgehead atoms. The van der Waals surface area contributed by atoms with Crippen molar-refractivity contribution in [3.8, 4) is 21.4 Å². The average molecular weight is 1070 g/mol. The fourth-order valence-electron chi connectivity index (χ4n) is 6.45. The van der Waals surface area contributed by atoms with E-state index in [1.807, 2.05) is 97.1 Å². The van der Waals surface area contributed by atoms with Crippen molar-refractivity contribution in [2.24, 2.45) is 0 Å². The number of fused-ring (bicyclic) bond motifs is 6. The van der Waals surface area contributed by atoms with Crippen molar-refractivity contribution in [2.75, 3.05) is 11.5 Å².